The van der Waals surface area contributed by atoms with Crippen LogP contribution >= 0.6 is 11.6 Å². The van der Waals surface area contributed by atoms with Crippen molar-refractivity contribution in [3.63, 3.8) is 0 Å². The number of amides is 1. The van der Waals surface area contributed by atoms with Crippen molar-refractivity contribution in [2.45, 2.75) is 19.9 Å². The third kappa shape index (κ3) is 4.83. The molecule has 2 aromatic rings. The summed E-state index contributed by atoms with van der Waals surface area (Å²) < 4.78 is 19.0. The van der Waals surface area contributed by atoms with Crippen LogP contribution in [-0.4, -0.2) is 13.0 Å². The first kappa shape index (κ1) is 18.0. The second-order valence-electron chi connectivity index (χ2n) is 5.23. The van der Waals surface area contributed by atoms with Crippen molar-refractivity contribution < 1.29 is 13.9 Å². The number of hydrogen-bond donors (Lipinski definition) is 1. The van der Waals surface area contributed by atoms with Gasteiger partial charge in [-0.05, 0) is 47.4 Å². The summed E-state index contributed by atoms with van der Waals surface area (Å²) in [5, 5.41) is 3.09. The number of carbonyl (C=O) groups is 1. The number of halogens is 2. The van der Waals surface area contributed by atoms with E-state index in [1.54, 1.807) is 37.4 Å². The van der Waals surface area contributed by atoms with Gasteiger partial charge in [-0.25, -0.2) is 4.39 Å². The van der Waals surface area contributed by atoms with E-state index in [9.17, 15) is 9.18 Å². The molecule has 1 N–H and O–H groups in total. The third-order valence-corrected chi connectivity index (χ3v) is 3.95. The van der Waals surface area contributed by atoms with Gasteiger partial charge < -0.3 is 10.1 Å². The van der Waals surface area contributed by atoms with E-state index in [1.165, 1.54) is 6.08 Å². The molecule has 0 aromatic heterocycles. The highest BCUT2D eigenvalue weighted by Gasteiger charge is 2.10. The van der Waals surface area contributed by atoms with Crippen LogP contribution in [0.1, 0.15) is 23.6 Å². The van der Waals surface area contributed by atoms with E-state index >= 15 is 0 Å². The first-order valence-corrected chi connectivity index (χ1v) is 7.98. The van der Waals surface area contributed by atoms with E-state index in [0.29, 0.717) is 16.3 Å². The lowest BCUT2D eigenvalue weighted by Crippen LogP contribution is -2.23. The molecular weight excluding hydrogens is 329 g/mol. The molecule has 2 rings (SSSR count). The number of aryl methyl sites for hydroxylation is 1. The first-order chi connectivity index (χ1) is 11.5. The molecule has 126 valence electrons. The maximum Gasteiger partial charge on any atom is 0.280 e. The van der Waals surface area contributed by atoms with Gasteiger partial charge in [0.2, 0.25) is 0 Å². The average Bonchev–Trinajstić information content (AvgIpc) is 2.61. The maximum absolute atomic E-state index is 14.0. The van der Waals surface area contributed by atoms with Gasteiger partial charge in [-0.3, -0.25) is 4.79 Å². The van der Waals surface area contributed by atoms with Gasteiger partial charge >= 0.3 is 0 Å². The van der Waals surface area contributed by atoms with Gasteiger partial charge in [-0.1, -0.05) is 42.8 Å². The molecule has 5 heteroatoms. The van der Waals surface area contributed by atoms with Gasteiger partial charge in [0.1, 0.15) is 5.75 Å². The van der Waals surface area contributed by atoms with Crippen LogP contribution in [0.5, 0.6) is 5.75 Å². The fraction of sp³-hybridized carbons (Fsp3) is 0.211. The third-order valence-electron chi connectivity index (χ3n) is 3.58. The molecule has 0 aliphatic carbocycles. The summed E-state index contributed by atoms with van der Waals surface area (Å²) in [6, 6.07) is 12.4. The molecule has 0 atom stereocenters. The predicted octanol–water partition coefficient (Wildman–Crippen LogP) is 4.54. The van der Waals surface area contributed by atoms with Crippen LogP contribution in [0.25, 0.3) is 6.08 Å². The van der Waals surface area contributed by atoms with E-state index in [4.69, 9.17) is 16.3 Å². The summed E-state index contributed by atoms with van der Waals surface area (Å²) in [5.74, 6) is -0.964. The van der Waals surface area contributed by atoms with Crippen molar-refractivity contribution in [2.75, 3.05) is 7.11 Å². The summed E-state index contributed by atoms with van der Waals surface area (Å²) in [6.45, 7) is 2.21. The molecule has 0 unspecified atom stereocenters. The Labute approximate surface area is 146 Å². The van der Waals surface area contributed by atoms with Crippen LogP contribution in [0, 0.1) is 0 Å². The zero-order chi connectivity index (χ0) is 17.5. The van der Waals surface area contributed by atoms with Crippen LogP contribution in [0.15, 0.2) is 48.3 Å². The van der Waals surface area contributed by atoms with Gasteiger partial charge in [-0.2, -0.15) is 0 Å². The zero-order valence-electron chi connectivity index (χ0n) is 13.6. The lowest BCUT2D eigenvalue weighted by molar-refractivity contribution is -0.118. The summed E-state index contributed by atoms with van der Waals surface area (Å²) in [5.41, 5.74) is 2.45. The van der Waals surface area contributed by atoms with Crippen LogP contribution in [-0.2, 0) is 17.8 Å². The molecule has 0 saturated heterocycles. The first-order valence-electron chi connectivity index (χ1n) is 7.60. The highest BCUT2D eigenvalue weighted by atomic mass is 35.5. The number of ether oxygens (including phenoxy) is 1. The number of benzene rings is 2. The number of rotatable bonds is 6. The van der Waals surface area contributed by atoms with Crippen LogP contribution in [0.3, 0.4) is 0 Å². The Hall–Kier alpha value is -2.33. The maximum atomic E-state index is 14.0. The van der Waals surface area contributed by atoms with E-state index in [2.05, 4.69) is 5.32 Å². The minimum atomic E-state index is -0.858. The van der Waals surface area contributed by atoms with Gasteiger partial charge in [-0.15, -0.1) is 0 Å². The van der Waals surface area contributed by atoms with E-state index < -0.39 is 11.7 Å². The number of hydrogen-bond acceptors (Lipinski definition) is 2. The summed E-state index contributed by atoms with van der Waals surface area (Å²) in [6.07, 6.45) is 2.04. The van der Waals surface area contributed by atoms with Crippen molar-refractivity contribution in [3.05, 3.63) is 70.0 Å². The quantitative estimate of drug-likeness (QED) is 0.779. The highest BCUT2D eigenvalue weighted by Crippen LogP contribution is 2.18. The Bertz CT molecular complexity index is 742. The van der Waals surface area contributed by atoms with Gasteiger partial charge in [0.15, 0.2) is 5.83 Å². The molecule has 3 nitrogen and oxygen atoms in total. The largest absolute Gasteiger partial charge is 0.497 e. The van der Waals surface area contributed by atoms with E-state index in [0.717, 1.165) is 17.5 Å². The molecule has 0 saturated carbocycles. The summed E-state index contributed by atoms with van der Waals surface area (Å²) >= 11 is 6.10. The Kier molecular flexibility index (Phi) is 6.38. The molecule has 24 heavy (non-hydrogen) atoms. The van der Waals surface area contributed by atoms with Crippen LogP contribution < -0.4 is 10.1 Å². The second-order valence-corrected chi connectivity index (χ2v) is 5.63. The monoisotopic (exact) mass is 347 g/mol. The van der Waals surface area contributed by atoms with Crippen molar-refractivity contribution in [1.82, 2.24) is 5.32 Å². The number of carbonyl (C=O) groups excluding carboxylic acids is 1. The normalized spacial score (nSPS) is 11.2. The zero-order valence-corrected chi connectivity index (χ0v) is 14.4. The van der Waals surface area contributed by atoms with Gasteiger partial charge in [0, 0.05) is 11.6 Å². The van der Waals surface area contributed by atoms with E-state index in [1.807, 2.05) is 19.1 Å². The molecule has 1 amide bonds. The Morgan fingerprint density at radius 1 is 1.25 bits per heavy atom. The Morgan fingerprint density at radius 3 is 2.58 bits per heavy atom. The van der Waals surface area contributed by atoms with Gasteiger partial charge in [0.05, 0.1) is 7.11 Å². The second kappa shape index (κ2) is 8.50. The molecule has 2 aromatic carbocycles. The summed E-state index contributed by atoms with van der Waals surface area (Å²) in [4.78, 5) is 11.9. The lowest BCUT2D eigenvalue weighted by Gasteiger charge is -2.08. The highest BCUT2D eigenvalue weighted by molar-refractivity contribution is 6.31. The minimum absolute atomic E-state index is 0.176. The fourth-order valence-electron chi connectivity index (χ4n) is 2.16. The molecule has 0 aliphatic rings. The lowest BCUT2D eigenvalue weighted by atomic mass is 10.1. The number of nitrogens with one attached hydrogen (secondary N) is 1. The average molecular weight is 348 g/mol. The smallest absolute Gasteiger partial charge is 0.280 e. The van der Waals surface area contributed by atoms with Crippen LogP contribution in [0.2, 0.25) is 5.02 Å². The standard InChI is InChI=1S/C19H19ClFNO2/c1-3-13-6-9-17(20)15(10-13)12-22-19(23)18(21)11-14-4-7-16(24-2)8-5-14/h4-11H,3,12H2,1-2H3,(H,22,23)/b18-11-. The molecule has 0 heterocycles. The number of methoxy groups -OCH3 is 1. The Balaban J connectivity index is 2.02. The molecule has 0 spiro atoms. The van der Waals surface area contributed by atoms with Crippen LogP contribution in [0.4, 0.5) is 4.39 Å². The molecular formula is C19H19ClFNO2. The van der Waals surface area contributed by atoms with Crippen molar-refractivity contribution in [1.29, 1.82) is 0 Å². The topological polar surface area (TPSA) is 38.3 Å². The summed E-state index contributed by atoms with van der Waals surface area (Å²) in [7, 11) is 1.55. The van der Waals surface area contributed by atoms with Crippen molar-refractivity contribution in [3.8, 4) is 5.75 Å². The van der Waals surface area contributed by atoms with Crippen molar-refractivity contribution in [2.24, 2.45) is 0 Å². The molecule has 0 radical (unpaired) electrons. The SMILES string of the molecule is CCc1ccc(Cl)c(CNC(=O)/C(F)=C/c2ccc(OC)cc2)c1. The predicted molar refractivity (Wildman–Crippen MR) is 94.8 cm³/mol. The van der Waals surface area contributed by atoms with E-state index in [-0.39, 0.29) is 6.54 Å². The molecule has 0 fully saturated rings. The van der Waals surface area contributed by atoms with Crippen molar-refractivity contribution >= 4 is 23.6 Å². The van der Waals surface area contributed by atoms with Gasteiger partial charge in [0.25, 0.3) is 5.91 Å². The Morgan fingerprint density at radius 2 is 1.96 bits per heavy atom. The minimum Gasteiger partial charge on any atom is -0.497 e. The fourth-order valence-corrected chi connectivity index (χ4v) is 2.34. The molecule has 0 aliphatic heterocycles. The molecule has 0 bridgehead atoms.